The SMILES string of the molecule is CC1(C)C(N)C(C)(C)C1NC(=O)c1c(O)cccc1O. The van der Waals surface area contributed by atoms with E-state index in [0.717, 1.165) is 0 Å². The lowest BCUT2D eigenvalue weighted by Crippen LogP contribution is -2.76. The number of nitrogens with two attached hydrogens (primary N) is 1. The lowest BCUT2D eigenvalue weighted by Gasteiger charge is -2.62. The van der Waals surface area contributed by atoms with Gasteiger partial charge >= 0.3 is 0 Å². The van der Waals surface area contributed by atoms with Gasteiger partial charge in [-0.15, -0.1) is 0 Å². The van der Waals surface area contributed by atoms with Crippen LogP contribution in [0.25, 0.3) is 0 Å². The Labute approximate surface area is 118 Å². The lowest BCUT2D eigenvalue weighted by atomic mass is 9.48. The Morgan fingerprint density at radius 1 is 1.15 bits per heavy atom. The fraction of sp³-hybridized carbons (Fsp3) is 0.533. The number of phenolic OH excluding ortho intramolecular Hbond substituents is 2. The molecule has 20 heavy (non-hydrogen) atoms. The summed E-state index contributed by atoms with van der Waals surface area (Å²) < 4.78 is 0. The lowest BCUT2D eigenvalue weighted by molar-refractivity contribution is -0.0664. The van der Waals surface area contributed by atoms with Gasteiger partial charge in [0.05, 0.1) is 0 Å². The molecule has 1 aliphatic carbocycles. The Kier molecular flexibility index (Phi) is 3.21. The smallest absolute Gasteiger partial charge is 0.259 e. The predicted molar refractivity (Wildman–Crippen MR) is 76.6 cm³/mol. The van der Waals surface area contributed by atoms with Crippen LogP contribution >= 0.6 is 0 Å². The van der Waals surface area contributed by atoms with Gasteiger partial charge in [-0.05, 0) is 12.1 Å². The quantitative estimate of drug-likeness (QED) is 0.660. The highest BCUT2D eigenvalue weighted by Crippen LogP contribution is 2.52. The molecule has 0 saturated heterocycles. The molecule has 1 aliphatic rings. The number of hydrogen-bond donors (Lipinski definition) is 4. The molecule has 5 nitrogen and oxygen atoms in total. The summed E-state index contributed by atoms with van der Waals surface area (Å²) in [6, 6.07) is 4.07. The maximum absolute atomic E-state index is 12.3. The molecule has 0 heterocycles. The van der Waals surface area contributed by atoms with Crippen molar-refractivity contribution in [3.63, 3.8) is 0 Å². The maximum Gasteiger partial charge on any atom is 0.259 e. The van der Waals surface area contributed by atoms with Crippen molar-refractivity contribution in [1.82, 2.24) is 5.32 Å². The van der Waals surface area contributed by atoms with E-state index >= 15 is 0 Å². The average molecular weight is 278 g/mol. The van der Waals surface area contributed by atoms with E-state index in [9.17, 15) is 15.0 Å². The molecule has 1 saturated carbocycles. The van der Waals surface area contributed by atoms with E-state index in [1.165, 1.54) is 18.2 Å². The number of nitrogens with one attached hydrogen (secondary N) is 1. The Balaban J connectivity index is 2.25. The Bertz CT molecular complexity index is 516. The third-order valence-corrected chi connectivity index (χ3v) is 4.61. The minimum absolute atomic E-state index is 0.0294. The number of rotatable bonds is 2. The largest absolute Gasteiger partial charge is 0.507 e. The summed E-state index contributed by atoms with van der Waals surface area (Å²) in [7, 11) is 0. The van der Waals surface area contributed by atoms with Crippen LogP contribution in [0.2, 0.25) is 0 Å². The summed E-state index contributed by atoms with van der Waals surface area (Å²) in [5, 5.41) is 22.4. The van der Waals surface area contributed by atoms with Crippen molar-refractivity contribution in [2.45, 2.75) is 39.8 Å². The topological polar surface area (TPSA) is 95.6 Å². The normalized spacial score (nSPS) is 26.6. The van der Waals surface area contributed by atoms with Gasteiger partial charge < -0.3 is 21.3 Å². The van der Waals surface area contributed by atoms with E-state index in [2.05, 4.69) is 5.32 Å². The molecule has 1 fully saturated rings. The standard InChI is InChI=1S/C15H22N2O3/c1-14(2)12(16)15(3,4)13(14)17-11(20)10-8(18)6-5-7-9(10)19/h5-7,12-13,18-19H,16H2,1-4H3,(H,17,20). The van der Waals surface area contributed by atoms with Crippen LogP contribution in [0.3, 0.4) is 0 Å². The number of hydrogen-bond acceptors (Lipinski definition) is 4. The first-order chi connectivity index (χ1) is 9.10. The van der Waals surface area contributed by atoms with E-state index in [4.69, 9.17) is 5.73 Å². The highest BCUT2D eigenvalue weighted by Gasteiger charge is 2.60. The molecule has 0 unspecified atom stereocenters. The first-order valence-corrected chi connectivity index (χ1v) is 6.67. The van der Waals surface area contributed by atoms with E-state index in [1.54, 1.807) is 0 Å². The van der Waals surface area contributed by atoms with Crippen LogP contribution in [0.5, 0.6) is 11.5 Å². The number of aromatic hydroxyl groups is 2. The molecular weight excluding hydrogens is 256 g/mol. The zero-order valence-corrected chi connectivity index (χ0v) is 12.3. The van der Waals surface area contributed by atoms with E-state index in [-0.39, 0.29) is 40.0 Å². The summed E-state index contributed by atoms with van der Waals surface area (Å²) in [6.45, 7) is 7.99. The van der Waals surface area contributed by atoms with Crippen LogP contribution < -0.4 is 11.1 Å². The molecule has 2 rings (SSSR count). The molecule has 5 N–H and O–H groups in total. The Morgan fingerprint density at radius 3 is 2.05 bits per heavy atom. The van der Waals surface area contributed by atoms with Gasteiger partial charge in [0.2, 0.25) is 0 Å². The van der Waals surface area contributed by atoms with Crippen LogP contribution in [-0.4, -0.2) is 28.2 Å². The van der Waals surface area contributed by atoms with E-state index < -0.39 is 5.91 Å². The van der Waals surface area contributed by atoms with Gasteiger partial charge in [0.15, 0.2) is 0 Å². The maximum atomic E-state index is 12.3. The molecule has 0 bridgehead atoms. The first kappa shape index (κ1) is 14.7. The van der Waals surface area contributed by atoms with Crippen molar-refractivity contribution >= 4 is 5.91 Å². The highest BCUT2D eigenvalue weighted by molar-refractivity contribution is 5.99. The molecule has 1 amide bonds. The van der Waals surface area contributed by atoms with Gasteiger partial charge in [-0.1, -0.05) is 33.8 Å². The minimum atomic E-state index is -0.487. The second-order valence-electron chi connectivity index (χ2n) is 6.70. The molecule has 110 valence electrons. The zero-order chi connectivity index (χ0) is 15.3. The number of phenols is 2. The van der Waals surface area contributed by atoms with Crippen LogP contribution in [0.15, 0.2) is 18.2 Å². The summed E-state index contributed by atoms with van der Waals surface area (Å²) in [6.07, 6.45) is 0. The molecule has 0 spiro atoms. The molecule has 0 atom stereocenters. The fourth-order valence-corrected chi connectivity index (χ4v) is 3.52. The molecule has 1 aromatic carbocycles. The van der Waals surface area contributed by atoms with Crippen LogP contribution in [-0.2, 0) is 0 Å². The van der Waals surface area contributed by atoms with Crippen LogP contribution in [0.4, 0.5) is 0 Å². The first-order valence-electron chi connectivity index (χ1n) is 6.67. The molecule has 0 aliphatic heterocycles. The number of carbonyl (C=O) groups is 1. The summed E-state index contributed by atoms with van der Waals surface area (Å²) in [4.78, 5) is 12.3. The summed E-state index contributed by atoms with van der Waals surface area (Å²) >= 11 is 0. The third-order valence-electron chi connectivity index (χ3n) is 4.61. The Morgan fingerprint density at radius 2 is 1.60 bits per heavy atom. The second-order valence-corrected chi connectivity index (χ2v) is 6.70. The van der Waals surface area contributed by atoms with Crippen LogP contribution in [0, 0.1) is 10.8 Å². The van der Waals surface area contributed by atoms with Gasteiger partial charge in [-0.3, -0.25) is 4.79 Å². The molecule has 0 aromatic heterocycles. The summed E-state index contributed by atoms with van der Waals surface area (Å²) in [5.41, 5.74) is 5.58. The van der Waals surface area contributed by atoms with Crippen molar-refractivity contribution in [3.8, 4) is 11.5 Å². The van der Waals surface area contributed by atoms with E-state index in [0.29, 0.717) is 0 Å². The van der Waals surface area contributed by atoms with Gasteiger partial charge in [-0.2, -0.15) is 0 Å². The van der Waals surface area contributed by atoms with Crippen molar-refractivity contribution < 1.29 is 15.0 Å². The van der Waals surface area contributed by atoms with Crippen molar-refractivity contribution in [3.05, 3.63) is 23.8 Å². The van der Waals surface area contributed by atoms with E-state index in [1.807, 2.05) is 27.7 Å². The zero-order valence-electron chi connectivity index (χ0n) is 12.3. The minimum Gasteiger partial charge on any atom is -0.507 e. The van der Waals surface area contributed by atoms with Gasteiger partial charge in [0.25, 0.3) is 5.91 Å². The van der Waals surface area contributed by atoms with Crippen molar-refractivity contribution in [2.75, 3.05) is 0 Å². The number of benzene rings is 1. The van der Waals surface area contributed by atoms with Crippen LogP contribution in [0.1, 0.15) is 38.1 Å². The van der Waals surface area contributed by atoms with Gasteiger partial charge in [-0.25, -0.2) is 0 Å². The fourth-order valence-electron chi connectivity index (χ4n) is 3.52. The highest BCUT2D eigenvalue weighted by atomic mass is 16.3. The molecule has 0 radical (unpaired) electrons. The number of amides is 1. The molecule has 5 heteroatoms. The monoisotopic (exact) mass is 278 g/mol. The van der Waals surface area contributed by atoms with Crippen molar-refractivity contribution in [1.29, 1.82) is 0 Å². The average Bonchev–Trinajstić information content (AvgIpc) is 2.34. The second kappa shape index (κ2) is 4.38. The molecular formula is C15H22N2O3. The van der Waals surface area contributed by atoms with Crippen molar-refractivity contribution in [2.24, 2.45) is 16.6 Å². The van der Waals surface area contributed by atoms with Gasteiger partial charge in [0, 0.05) is 22.9 Å². The summed E-state index contributed by atoms with van der Waals surface area (Å²) in [5.74, 6) is -0.956. The predicted octanol–water partition coefficient (Wildman–Crippen LogP) is 1.59. The third kappa shape index (κ3) is 1.93. The Hall–Kier alpha value is -1.75. The molecule has 1 aromatic rings. The number of carbonyl (C=O) groups excluding carboxylic acids is 1. The van der Waals surface area contributed by atoms with Gasteiger partial charge in [0.1, 0.15) is 17.1 Å².